The molecule has 0 atom stereocenters. The van der Waals surface area contributed by atoms with Gasteiger partial charge in [0.2, 0.25) is 0 Å². The predicted octanol–water partition coefficient (Wildman–Crippen LogP) is 6.51. The van der Waals surface area contributed by atoms with Crippen LogP contribution in [0.1, 0.15) is 29.8 Å². The second kappa shape index (κ2) is 11.4. The number of methoxy groups -OCH3 is 2. The largest absolute Gasteiger partial charge is 0.496 e. The summed E-state index contributed by atoms with van der Waals surface area (Å²) in [5.41, 5.74) is 3.76. The molecule has 0 radical (unpaired) electrons. The molecule has 9 heteroatoms. The van der Waals surface area contributed by atoms with Gasteiger partial charge in [-0.2, -0.15) is 0 Å². The van der Waals surface area contributed by atoms with Gasteiger partial charge in [-0.25, -0.2) is 9.18 Å². The van der Waals surface area contributed by atoms with E-state index in [2.05, 4.69) is 10.6 Å². The van der Waals surface area contributed by atoms with E-state index in [0.717, 1.165) is 28.2 Å². The molecule has 0 saturated heterocycles. The Morgan fingerprint density at radius 1 is 0.929 bits per heavy atom. The van der Waals surface area contributed by atoms with E-state index in [1.807, 2.05) is 50.2 Å². The molecule has 1 amide bonds. The molecule has 0 aliphatic carbocycles. The Hall–Kier alpha value is -5.05. The maximum atomic E-state index is 14.1. The van der Waals surface area contributed by atoms with Gasteiger partial charge in [-0.15, -0.1) is 0 Å². The molecule has 1 heterocycles. The fraction of sp³-hybridized carbons (Fsp3) is 0.212. The van der Waals surface area contributed by atoms with Gasteiger partial charge in [0.25, 0.3) is 5.91 Å². The van der Waals surface area contributed by atoms with E-state index < -0.39 is 17.3 Å². The molecular weight excluding hydrogens is 537 g/mol. The number of ether oxygens (including phenoxy) is 3. The fourth-order valence-electron chi connectivity index (χ4n) is 5.18. The number of likely N-dealkylation sites (N-methyl/N-ethyl adjacent to an activating group) is 1. The van der Waals surface area contributed by atoms with Gasteiger partial charge in [0.05, 0.1) is 36.8 Å². The first kappa shape index (κ1) is 28.5. The molecule has 2 N–H and O–H groups in total. The number of nitrogens with zero attached hydrogens (tertiary/aromatic N) is 1. The van der Waals surface area contributed by atoms with Crippen LogP contribution in [0.4, 0.5) is 21.5 Å². The van der Waals surface area contributed by atoms with E-state index >= 15 is 0 Å². The molecule has 5 rings (SSSR count). The van der Waals surface area contributed by atoms with Gasteiger partial charge in [-0.1, -0.05) is 30.3 Å². The minimum absolute atomic E-state index is 0.0759. The van der Waals surface area contributed by atoms with Gasteiger partial charge in [0.15, 0.2) is 0 Å². The summed E-state index contributed by atoms with van der Waals surface area (Å²) in [6, 6.07) is 22.1. The van der Waals surface area contributed by atoms with E-state index in [-0.39, 0.29) is 17.2 Å². The van der Waals surface area contributed by atoms with Crippen molar-refractivity contribution in [3.8, 4) is 28.4 Å². The molecule has 4 aromatic carbocycles. The Kier molecular flexibility index (Phi) is 7.76. The standard InChI is InChI=1S/C33H32FN3O5/c1-33(2)32(39)37(3)30-24(19-35-26-12-8-9-13-28(26)40-4)21(16-17-27(30)36-33)22-15-14-20(18-29(22)41-5)42-31(38)23-10-6-7-11-25(23)34/h6-18,35-36H,19H2,1-5H3. The highest BCUT2D eigenvalue weighted by Gasteiger charge is 2.38. The number of amides is 1. The smallest absolute Gasteiger partial charge is 0.346 e. The minimum atomic E-state index is -0.813. The number of hydrogen-bond donors (Lipinski definition) is 2. The van der Waals surface area contributed by atoms with Crippen LogP contribution in [0.5, 0.6) is 17.2 Å². The zero-order valence-corrected chi connectivity index (χ0v) is 24.1. The summed E-state index contributed by atoms with van der Waals surface area (Å²) in [5.74, 6) is -0.231. The average Bonchev–Trinajstić information content (AvgIpc) is 2.98. The minimum Gasteiger partial charge on any atom is -0.496 e. The first-order valence-corrected chi connectivity index (χ1v) is 13.4. The van der Waals surface area contributed by atoms with Crippen LogP contribution in [0, 0.1) is 5.82 Å². The number of carbonyl (C=O) groups is 2. The Morgan fingerprint density at radius 3 is 2.36 bits per heavy atom. The highest BCUT2D eigenvalue weighted by molar-refractivity contribution is 6.09. The molecule has 0 bridgehead atoms. The lowest BCUT2D eigenvalue weighted by atomic mass is 9.91. The zero-order chi connectivity index (χ0) is 30.0. The third-order valence-corrected chi connectivity index (χ3v) is 7.23. The number of carbonyl (C=O) groups excluding carboxylic acids is 2. The fourth-order valence-corrected chi connectivity index (χ4v) is 5.18. The average molecular weight is 570 g/mol. The zero-order valence-electron chi connectivity index (χ0n) is 24.1. The van der Waals surface area contributed by atoms with Gasteiger partial charge in [-0.05, 0) is 61.9 Å². The summed E-state index contributed by atoms with van der Waals surface area (Å²) in [6.45, 7) is 4.05. The normalized spacial score (nSPS) is 13.6. The monoisotopic (exact) mass is 569 g/mol. The second-order valence-electron chi connectivity index (χ2n) is 10.4. The van der Waals surface area contributed by atoms with Crippen molar-refractivity contribution in [1.29, 1.82) is 0 Å². The number of nitrogens with one attached hydrogen (secondary N) is 2. The molecule has 1 aliphatic rings. The molecule has 1 aliphatic heterocycles. The number of hydrogen-bond acceptors (Lipinski definition) is 7. The van der Waals surface area contributed by atoms with Crippen molar-refractivity contribution in [1.82, 2.24) is 0 Å². The van der Waals surface area contributed by atoms with Crippen molar-refractivity contribution in [3.05, 3.63) is 95.8 Å². The Labute approximate surface area is 244 Å². The lowest BCUT2D eigenvalue weighted by Gasteiger charge is -2.40. The SMILES string of the molecule is COc1ccccc1NCc1c(-c2ccc(OC(=O)c3ccccc3F)cc2OC)ccc2c1N(C)C(=O)C(C)(C)N2. The van der Waals surface area contributed by atoms with E-state index in [1.54, 1.807) is 43.3 Å². The van der Waals surface area contributed by atoms with E-state index in [4.69, 9.17) is 14.2 Å². The highest BCUT2D eigenvalue weighted by atomic mass is 19.1. The summed E-state index contributed by atoms with van der Waals surface area (Å²) in [6.07, 6.45) is 0. The van der Waals surface area contributed by atoms with Crippen LogP contribution in [-0.2, 0) is 11.3 Å². The van der Waals surface area contributed by atoms with Crippen LogP contribution in [0.15, 0.2) is 78.9 Å². The highest BCUT2D eigenvalue weighted by Crippen LogP contribution is 2.45. The van der Waals surface area contributed by atoms with Crippen LogP contribution in [0.3, 0.4) is 0 Å². The first-order valence-electron chi connectivity index (χ1n) is 13.4. The van der Waals surface area contributed by atoms with Crippen LogP contribution in [0.2, 0.25) is 0 Å². The third kappa shape index (κ3) is 5.33. The van der Waals surface area contributed by atoms with Gasteiger partial charge >= 0.3 is 5.97 Å². The van der Waals surface area contributed by atoms with Crippen LogP contribution >= 0.6 is 0 Å². The molecular formula is C33H32FN3O5. The number of rotatable bonds is 8. The molecule has 0 fully saturated rings. The maximum Gasteiger partial charge on any atom is 0.346 e. The van der Waals surface area contributed by atoms with Crippen molar-refractivity contribution in [2.75, 3.05) is 36.8 Å². The maximum absolute atomic E-state index is 14.1. The Morgan fingerprint density at radius 2 is 1.62 bits per heavy atom. The number of benzene rings is 4. The van der Waals surface area contributed by atoms with Crippen LogP contribution < -0.4 is 29.7 Å². The van der Waals surface area contributed by atoms with Crippen molar-refractivity contribution < 1.29 is 28.2 Å². The van der Waals surface area contributed by atoms with Crippen molar-refractivity contribution >= 4 is 28.9 Å². The van der Waals surface area contributed by atoms with Crippen molar-refractivity contribution in [2.24, 2.45) is 0 Å². The topological polar surface area (TPSA) is 89.1 Å². The molecule has 0 unspecified atom stereocenters. The molecule has 0 aromatic heterocycles. The molecule has 216 valence electrons. The van der Waals surface area contributed by atoms with Crippen LogP contribution in [-0.4, -0.2) is 38.7 Å². The Balaban J connectivity index is 1.57. The Bertz CT molecular complexity index is 1670. The molecule has 0 spiro atoms. The third-order valence-electron chi connectivity index (χ3n) is 7.23. The van der Waals surface area contributed by atoms with E-state index in [1.165, 1.54) is 25.3 Å². The number of esters is 1. The van der Waals surface area contributed by atoms with Crippen molar-refractivity contribution in [3.63, 3.8) is 0 Å². The van der Waals surface area contributed by atoms with Crippen LogP contribution in [0.25, 0.3) is 11.1 Å². The number of para-hydroxylation sites is 2. The lowest BCUT2D eigenvalue weighted by molar-refractivity contribution is -0.121. The second-order valence-corrected chi connectivity index (χ2v) is 10.4. The summed E-state index contributed by atoms with van der Waals surface area (Å²) in [5, 5.41) is 6.83. The quantitative estimate of drug-likeness (QED) is 0.185. The van der Waals surface area contributed by atoms with E-state index in [0.29, 0.717) is 23.6 Å². The first-order chi connectivity index (χ1) is 20.1. The molecule has 42 heavy (non-hydrogen) atoms. The van der Waals surface area contributed by atoms with Gasteiger partial charge < -0.3 is 29.7 Å². The lowest BCUT2D eigenvalue weighted by Crippen LogP contribution is -2.52. The van der Waals surface area contributed by atoms with Gasteiger partial charge in [0.1, 0.15) is 28.6 Å². The van der Waals surface area contributed by atoms with Crippen molar-refractivity contribution in [2.45, 2.75) is 25.9 Å². The van der Waals surface area contributed by atoms with Gasteiger partial charge in [-0.3, -0.25) is 4.79 Å². The summed E-state index contributed by atoms with van der Waals surface area (Å²) in [7, 11) is 4.90. The molecule has 4 aromatic rings. The number of fused-ring (bicyclic) bond motifs is 1. The number of anilines is 3. The molecule has 8 nitrogen and oxygen atoms in total. The summed E-state index contributed by atoms with van der Waals surface area (Å²) >= 11 is 0. The molecule has 0 saturated carbocycles. The number of halogens is 1. The summed E-state index contributed by atoms with van der Waals surface area (Å²) < 4.78 is 30.9. The predicted molar refractivity (Wildman–Crippen MR) is 161 cm³/mol. The van der Waals surface area contributed by atoms with E-state index in [9.17, 15) is 14.0 Å². The van der Waals surface area contributed by atoms with Gasteiger partial charge in [0, 0.05) is 30.8 Å². The summed E-state index contributed by atoms with van der Waals surface area (Å²) in [4.78, 5) is 27.6.